The standard InChI is InChI=1S/C19H20ClN3/c1-13(2)12-21-19-16-9-8-15(20)11-17(16)22-18(23-19)10-14-6-4-3-5-7-14/h3-9,11,13H,10,12H2,1-2H3,(H,21,22,23). The van der Waals surface area contributed by atoms with E-state index in [9.17, 15) is 0 Å². The van der Waals surface area contributed by atoms with E-state index in [0.29, 0.717) is 17.4 Å². The molecule has 3 rings (SSSR count). The van der Waals surface area contributed by atoms with E-state index in [0.717, 1.165) is 29.1 Å². The first-order chi connectivity index (χ1) is 11.1. The predicted octanol–water partition coefficient (Wildman–Crippen LogP) is 4.94. The Morgan fingerprint density at radius 3 is 2.57 bits per heavy atom. The Morgan fingerprint density at radius 1 is 1.04 bits per heavy atom. The second-order valence-electron chi connectivity index (χ2n) is 6.09. The van der Waals surface area contributed by atoms with Crippen LogP contribution in [0.2, 0.25) is 5.02 Å². The second kappa shape index (κ2) is 6.97. The zero-order chi connectivity index (χ0) is 16.2. The van der Waals surface area contributed by atoms with Gasteiger partial charge in [-0.05, 0) is 29.7 Å². The molecule has 0 fully saturated rings. The minimum absolute atomic E-state index is 0.546. The molecule has 3 nitrogen and oxygen atoms in total. The van der Waals surface area contributed by atoms with Crippen LogP contribution in [-0.2, 0) is 6.42 Å². The van der Waals surface area contributed by atoms with Gasteiger partial charge in [-0.1, -0.05) is 55.8 Å². The molecule has 1 N–H and O–H groups in total. The Bertz CT molecular complexity index is 800. The molecule has 1 heterocycles. The van der Waals surface area contributed by atoms with Gasteiger partial charge in [-0.25, -0.2) is 9.97 Å². The van der Waals surface area contributed by atoms with Gasteiger partial charge >= 0.3 is 0 Å². The average Bonchev–Trinajstić information content (AvgIpc) is 2.53. The Kier molecular flexibility index (Phi) is 4.77. The average molecular weight is 326 g/mol. The third-order valence-electron chi connectivity index (χ3n) is 3.59. The van der Waals surface area contributed by atoms with Crippen molar-refractivity contribution in [1.82, 2.24) is 9.97 Å². The fraction of sp³-hybridized carbons (Fsp3) is 0.263. The quantitative estimate of drug-likeness (QED) is 0.721. The Labute approximate surface area is 141 Å². The summed E-state index contributed by atoms with van der Waals surface area (Å²) in [5.74, 6) is 2.23. The first-order valence-corrected chi connectivity index (χ1v) is 8.23. The highest BCUT2D eigenvalue weighted by Crippen LogP contribution is 2.24. The number of hydrogen-bond acceptors (Lipinski definition) is 3. The van der Waals surface area contributed by atoms with Crippen molar-refractivity contribution in [1.29, 1.82) is 0 Å². The van der Waals surface area contributed by atoms with E-state index in [4.69, 9.17) is 16.6 Å². The lowest BCUT2D eigenvalue weighted by atomic mass is 10.1. The fourth-order valence-corrected chi connectivity index (χ4v) is 2.61. The summed E-state index contributed by atoms with van der Waals surface area (Å²) < 4.78 is 0. The molecule has 0 bridgehead atoms. The molecular weight excluding hydrogens is 306 g/mol. The molecule has 2 aromatic carbocycles. The van der Waals surface area contributed by atoms with Gasteiger partial charge in [0.05, 0.1) is 5.52 Å². The number of rotatable bonds is 5. The number of fused-ring (bicyclic) bond motifs is 1. The molecule has 0 radical (unpaired) electrons. The first kappa shape index (κ1) is 15.8. The molecule has 0 spiro atoms. The molecule has 118 valence electrons. The smallest absolute Gasteiger partial charge is 0.137 e. The molecule has 0 saturated carbocycles. The SMILES string of the molecule is CC(C)CNc1nc(Cc2ccccc2)nc2cc(Cl)ccc12. The van der Waals surface area contributed by atoms with Crippen LogP contribution in [-0.4, -0.2) is 16.5 Å². The number of halogens is 1. The summed E-state index contributed by atoms with van der Waals surface area (Å²) in [6.07, 6.45) is 0.708. The maximum Gasteiger partial charge on any atom is 0.137 e. The normalized spacial score (nSPS) is 11.1. The van der Waals surface area contributed by atoms with Gasteiger partial charge in [0, 0.05) is 23.4 Å². The van der Waals surface area contributed by atoms with E-state index in [-0.39, 0.29) is 0 Å². The molecule has 0 atom stereocenters. The third-order valence-corrected chi connectivity index (χ3v) is 3.82. The van der Waals surface area contributed by atoms with E-state index in [2.05, 4.69) is 36.3 Å². The minimum Gasteiger partial charge on any atom is -0.369 e. The van der Waals surface area contributed by atoms with Crippen LogP contribution >= 0.6 is 11.6 Å². The van der Waals surface area contributed by atoms with E-state index in [1.54, 1.807) is 0 Å². The molecule has 3 aromatic rings. The van der Waals surface area contributed by atoms with Crippen molar-refractivity contribution in [3.05, 3.63) is 64.9 Å². The van der Waals surface area contributed by atoms with Crippen LogP contribution in [0.5, 0.6) is 0 Å². The van der Waals surface area contributed by atoms with Crippen LogP contribution in [0.25, 0.3) is 10.9 Å². The van der Waals surface area contributed by atoms with E-state index < -0.39 is 0 Å². The molecule has 1 aromatic heterocycles. The monoisotopic (exact) mass is 325 g/mol. The van der Waals surface area contributed by atoms with Gasteiger partial charge in [0.25, 0.3) is 0 Å². The zero-order valence-electron chi connectivity index (χ0n) is 13.4. The van der Waals surface area contributed by atoms with Gasteiger partial charge < -0.3 is 5.32 Å². The number of nitrogens with one attached hydrogen (secondary N) is 1. The van der Waals surface area contributed by atoms with Crippen molar-refractivity contribution >= 4 is 28.3 Å². The van der Waals surface area contributed by atoms with Crippen molar-refractivity contribution in [2.75, 3.05) is 11.9 Å². The van der Waals surface area contributed by atoms with Gasteiger partial charge in [-0.3, -0.25) is 0 Å². The second-order valence-corrected chi connectivity index (χ2v) is 6.52. The number of nitrogens with zero attached hydrogens (tertiary/aromatic N) is 2. The van der Waals surface area contributed by atoms with Crippen molar-refractivity contribution in [2.24, 2.45) is 5.92 Å². The highest BCUT2D eigenvalue weighted by atomic mass is 35.5. The van der Waals surface area contributed by atoms with E-state index >= 15 is 0 Å². The molecule has 0 aliphatic rings. The lowest BCUT2D eigenvalue weighted by molar-refractivity contribution is 0.687. The van der Waals surface area contributed by atoms with Crippen molar-refractivity contribution in [3.63, 3.8) is 0 Å². The predicted molar refractivity (Wildman–Crippen MR) is 97.1 cm³/mol. The summed E-state index contributed by atoms with van der Waals surface area (Å²) in [4.78, 5) is 9.42. The fourth-order valence-electron chi connectivity index (χ4n) is 2.44. The minimum atomic E-state index is 0.546. The molecular formula is C19H20ClN3. The van der Waals surface area contributed by atoms with Gasteiger partial charge in [0.1, 0.15) is 11.6 Å². The Morgan fingerprint density at radius 2 is 1.83 bits per heavy atom. The third kappa shape index (κ3) is 3.99. The van der Waals surface area contributed by atoms with Gasteiger partial charge in [0.15, 0.2) is 0 Å². The molecule has 0 unspecified atom stereocenters. The Balaban J connectivity index is 2.00. The van der Waals surface area contributed by atoms with E-state index in [1.807, 2.05) is 36.4 Å². The van der Waals surface area contributed by atoms with Crippen LogP contribution < -0.4 is 5.32 Å². The lowest BCUT2D eigenvalue weighted by Crippen LogP contribution is -2.11. The van der Waals surface area contributed by atoms with Gasteiger partial charge in [-0.2, -0.15) is 0 Å². The number of aromatic nitrogens is 2. The highest BCUT2D eigenvalue weighted by molar-refractivity contribution is 6.31. The summed E-state index contributed by atoms with van der Waals surface area (Å²) in [5.41, 5.74) is 2.08. The molecule has 23 heavy (non-hydrogen) atoms. The Hall–Kier alpha value is -2.13. The maximum absolute atomic E-state index is 6.13. The summed E-state index contributed by atoms with van der Waals surface area (Å²) in [5, 5.41) is 5.14. The maximum atomic E-state index is 6.13. The number of anilines is 1. The van der Waals surface area contributed by atoms with Crippen LogP contribution in [0.4, 0.5) is 5.82 Å². The molecule has 4 heteroatoms. The van der Waals surface area contributed by atoms with Crippen molar-refractivity contribution in [3.8, 4) is 0 Å². The topological polar surface area (TPSA) is 37.8 Å². The summed E-state index contributed by atoms with van der Waals surface area (Å²) in [7, 11) is 0. The van der Waals surface area contributed by atoms with Crippen LogP contribution in [0.3, 0.4) is 0 Å². The molecule has 0 aliphatic heterocycles. The first-order valence-electron chi connectivity index (χ1n) is 7.86. The number of hydrogen-bond donors (Lipinski definition) is 1. The number of benzene rings is 2. The summed E-state index contributed by atoms with van der Waals surface area (Å²) in [6.45, 7) is 5.23. The summed E-state index contributed by atoms with van der Waals surface area (Å²) >= 11 is 6.13. The van der Waals surface area contributed by atoms with E-state index in [1.165, 1.54) is 5.56 Å². The largest absolute Gasteiger partial charge is 0.369 e. The van der Waals surface area contributed by atoms with Gasteiger partial charge in [0.2, 0.25) is 0 Å². The van der Waals surface area contributed by atoms with Gasteiger partial charge in [-0.15, -0.1) is 0 Å². The van der Waals surface area contributed by atoms with Crippen LogP contribution in [0.1, 0.15) is 25.2 Å². The van der Waals surface area contributed by atoms with Crippen LogP contribution in [0.15, 0.2) is 48.5 Å². The van der Waals surface area contributed by atoms with Crippen LogP contribution in [0, 0.1) is 5.92 Å². The lowest BCUT2D eigenvalue weighted by Gasteiger charge is -2.12. The van der Waals surface area contributed by atoms with Crippen molar-refractivity contribution in [2.45, 2.75) is 20.3 Å². The molecule has 0 saturated heterocycles. The van der Waals surface area contributed by atoms with Crippen molar-refractivity contribution < 1.29 is 0 Å². The molecule has 0 amide bonds. The summed E-state index contributed by atoms with van der Waals surface area (Å²) in [6, 6.07) is 16.0. The zero-order valence-corrected chi connectivity index (χ0v) is 14.1. The molecule has 0 aliphatic carbocycles. The highest BCUT2D eigenvalue weighted by Gasteiger charge is 2.09.